The van der Waals surface area contributed by atoms with Gasteiger partial charge in [0.2, 0.25) is 0 Å². The summed E-state index contributed by atoms with van der Waals surface area (Å²) in [6, 6.07) is 7.57. The quantitative estimate of drug-likeness (QED) is 0.613. The van der Waals surface area contributed by atoms with E-state index in [2.05, 4.69) is 10.1 Å². The fourth-order valence-electron chi connectivity index (χ4n) is 1.68. The molecule has 6 heteroatoms. The molecule has 18 heavy (non-hydrogen) atoms. The van der Waals surface area contributed by atoms with Crippen molar-refractivity contribution in [3.63, 3.8) is 0 Å². The van der Waals surface area contributed by atoms with E-state index in [1.807, 2.05) is 43.3 Å². The van der Waals surface area contributed by atoms with Gasteiger partial charge in [-0.15, -0.1) is 0 Å². The molecule has 94 valence electrons. The monoisotopic (exact) mass is 244 g/mol. The Morgan fingerprint density at radius 1 is 1.50 bits per heavy atom. The number of nitrogens with one attached hydrogen (secondary N) is 1. The minimum Gasteiger partial charge on any atom is -0.384 e. The summed E-state index contributed by atoms with van der Waals surface area (Å²) >= 11 is 0. The molecule has 2 aromatic rings. The van der Waals surface area contributed by atoms with Gasteiger partial charge < -0.3 is 10.6 Å². The fraction of sp³-hybridized carbons (Fsp3) is 0.250. The largest absolute Gasteiger partial charge is 0.384 e. The zero-order valence-corrected chi connectivity index (χ0v) is 10.5. The van der Waals surface area contributed by atoms with Crippen LogP contribution in [0.5, 0.6) is 0 Å². The van der Waals surface area contributed by atoms with Gasteiger partial charge in [-0.1, -0.05) is 12.1 Å². The summed E-state index contributed by atoms with van der Waals surface area (Å²) in [7, 11) is 3.83. The first-order valence-electron chi connectivity index (χ1n) is 5.56. The van der Waals surface area contributed by atoms with Crippen LogP contribution >= 0.6 is 0 Å². The molecule has 1 aromatic carbocycles. The number of anilines is 1. The van der Waals surface area contributed by atoms with Crippen molar-refractivity contribution in [2.24, 2.45) is 12.8 Å². The van der Waals surface area contributed by atoms with E-state index < -0.39 is 0 Å². The van der Waals surface area contributed by atoms with Crippen molar-refractivity contribution in [1.29, 1.82) is 5.41 Å². The molecule has 6 nitrogen and oxygen atoms in total. The molecular weight excluding hydrogens is 228 g/mol. The van der Waals surface area contributed by atoms with Gasteiger partial charge in [-0.25, -0.2) is 4.98 Å². The highest BCUT2D eigenvalue weighted by Gasteiger charge is 2.07. The smallest absolute Gasteiger partial charge is 0.146 e. The van der Waals surface area contributed by atoms with Gasteiger partial charge in [-0.2, -0.15) is 5.10 Å². The van der Waals surface area contributed by atoms with E-state index in [1.54, 1.807) is 4.68 Å². The van der Waals surface area contributed by atoms with Gasteiger partial charge in [0, 0.05) is 25.3 Å². The number of nitrogens with zero attached hydrogens (tertiary/aromatic N) is 4. The molecule has 3 N–H and O–H groups in total. The molecule has 0 fully saturated rings. The van der Waals surface area contributed by atoms with Gasteiger partial charge in [-0.3, -0.25) is 10.1 Å². The highest BCUT2D eigenvalue weighted by molar-refractivity contribution is 5.95. The standard InChI is InChI=1S/C12H16N6/c1-17(7-11-15-8-16-18(11)2)10-5-3-4-9(6-10)12(13)14/h3-6,8H,7H2,1-2H3,(H3,13,14). The van der Waals surface area contributed by atoms with E-state index >= 15 is 0 Å². The number of nitrogens with two attached hydrogens (primary N) is 1. The van der Waals surface area contributed by atoms with Crippen LogP contribution in [-0.2, 0) is 13.6 Å². The summed E-state index contributed by atoms with van der Waals surface area (Å²) in [5, 5.41) is 11.5. The number of aryl methyl sites for hydroxylation is 1. The fourth-order valence-corrected chi connectivity index (χ4v) is 1.68. The van der Waals surface area contributed by atoms with Crippen molar-refractivity contribution in [3.05, 3.63) is 42.0 Å². The van der Waals surface area contributed by atoms with E-state index in [0.717, 1.165) is 17.1 Å². The third kappa shape index (κ3) is 2.48. The first-order chi connectivity index (χ1) is 8.58. The molecule has 0 bridgehead atoms. The van der Waals surface area contributed by atoms with Crippen LogP contribution in [0.1, 0.15) is 11.4 Å². The predicted octanol–water partition coefficient (Wildman–Crippen LogP) is 0.736. The average Bonchev–Trinajstić information content (AvgIpc) is 2.75. The normalized spacial score (nSPS) is 10.3. The Balaban J connectivity index is 2.18. The Kier molecular flexibility index (Phi) is 3.27. The predicted molar refractivity (Wildman–Crippen MR) is 70.6 cm³/mol. The number of aromatic nitrogens is 3. The lowest BCUT2D eigenvalue weighted by atomic mass is 10.2. The van der Waals surface area contributed by atoms with E-state index in [4.69, 9.17) is 11.1 Å². The van der Waals surface area contributed by atoms with Crippen LogP contribution in [0.15, 0.2) is 30.6 Å². The van der Waals surface area contributed by atoms with Gasteiger partial charge in [0.15, 0.2) is 0 Å². The second-order valence-corrected chi connectivity index (χ2v) is 4.12. The number of amidine groups is 1. The van der Waals surface area contributed by atoms with Crippen LogP contribution in [-0.4, -0.2) is 27.6 Å². The van der Waals surface area contributed by atoms with Crippen LogP contribution in [0.25, 0.3) is 0 Å². The third-order valence-corrected chi connectivity index (χ3v) is 2.78. The molecule has 0 amide bonds. The second kappa shape index (κ2) is 4.87. The summed E-state index contributed by atoms with van der Waals surface area (Å²) in [6.07, 6.45) is 1.54. The van der Waals surface area contributed by atoms with E-state index in [0.29, 0.717) is 6.54 Å². The number of nitrogen functional groups attached to an aromatic ring is 1. The van der Waals surface area contributed by atoms with Crippen molar-refractivity contribution < 1.29 is 0 Å². The molecular formula is C12H16N6. The molecule has 0 aliphatic rings. The van der Waals surface area contributed by atoms with Crippen LogP contribution in [0.4, 0.5) is 5.69 Å². The molecule has 0 saturated carbocycles. The summed E-state index contributed by atoms with van der Waals surface area (Å²) in [6.45, 7) is 0.651. The van der Waals surface area contributed by atoms with E-state index in [9.17, 15) is 0 Å². The molecule has 0 unspecified atom stereocenters. The van der Waals surface area contributed by atoms with Crippen molar-refractivity contribution >= 4 is 11.5 Å². The summed E-state index contributed by atoms with van der Waals surface area (Å²) in [4.78, 5) is 6.22. The minimum absolute atomic E-state index is 0.0731. The van der Waals surface area contributed by atoms with Crippen LogP contribution < -0.4 is 10.6 Å². The molecule has 0 saturated heterocycles. The van der Waals surface area contributed by atoms with Crippen molar-refractivity contribution in [2.45, 2.75) is 6.54 Å². The zero-order chi connectivity index (χ0) is 13.1. The molecule has 0 atom stereocenters. The number of hydrogen-bond acceptors (Lipinski definition) is 4. The lowest BCUT2D eigenvalue weighted by Gasteiger charge is -2.19. The van der Waals surface area contributed by atoms with Gasteiger partial charge in [-0.05, 0) is 12.1 Å². The Labute approximate surface area is 106 Å². The summed E-state index contributed by atoms with van der Waals surface area (Å²) < 4.78 is 1.74. The molecule has 2 rings (SSSR count). The molecule has 1 heterocycles. The average molecular weight is 244 g/mol. The Morgan fingerprint density at radius 2 is 2.28 bits per heavy atom. The lowest BCUT2D eigenvalue weighted by molar-refractivity contribution is 0.688. The SMILES string of the molecule is CN(Cc1ncnn1C)c1cccc(C(=N)N)c1. The Morgan fingerprint density at radius 3 is 2.89 bits per heavy atom. The maximum Gasteiger partial charge on any atom is 0.146 e. The topological polar surface area (TPSA) is 83.8 Å². The number of rotatable bonds is 4. The van der Waals surface area contributed by atoms with Crippen molar-refractivity contribution in [1.82, 2.24) is 14.8 Å². The van der Waals surface area contributed by atoms with Gasteiger partial charge in [0.05, 0.1) is 6.54 Å². The zero-order valence-electron chi connectivity index (χ0n) is 10.5. The van der Waals surface area contributed by atoms with Gasteiger partial charge in [0.25, 0.3) is 0 Å². The highest BCUT2D eigenvalue weighted by Crippen LogP contribution is 2.16. The van der Waals surface area contributed by atoms with Crippen LogP contribution in [0.2, 0.25) is 0 Å². The van der Waals surface area contributed by atoms with Crippen molar-refractivity contribution in [3.8, 4) is 0 Å². The molecule has 0 spiro atoms. The minimum atomic E-state index is 0.0731. The van der Waals surface area contributed by atoms with Crippen LogP contribution in [0, 0.1) is 5.41 Å². The number of hydrogen-bond donors (Lipinski definition) is 2. The van der Waals surface area contributed by atoms with Crippen molar-refractivity contribution in [2.75, 3.05) is 11.9 Å². The number of benzene rings is 1. The van der Waals surface area contributed by atoms with E-state index in [-0.39, 0.29) is 5.84 Å². The molecule has 0 aliphatic heterocycles. The Bertz CT molecular complexity index is 559. The molecule has 0 radical (unpaired) electrons. The molecule has 1 aromatic heterocycles. The molecule has 0 aliphatic carbocycles. The van der Waals surface area contributed by atoms with Crippen LogP contribution in [0.3, 0.4) is 0 Å². The Hall–Kier alpha value is -2.37. The lowest BCUT2D eigenvalue weighted by Crippen LogP contribution is -2.20. The first-order valence-corrected chi connectivity index (χ1v) is 5.56. The van der Waals surface area contributed by atoms with E-state index in [1.165, 1.54) is 6.33 Å². The van der Waals surface area contributed by atoms with Gasteiger partial charge >= 0.3 is 0 Å². The summed E-state index contributed by atoms with van der Waals surface area (Å²) in [5.74, 6) is 0.953. The maximum atomic E-state index is 7.44. The second-order valence-electron chi connectivity index (χ2n) is 4.12. The van der Waals surface area contributed by atoms with Gasteiger partial charge in [0.1, 0.15) is 18.0 Å². The maximum absolute atomic E-state index is 7.44. The highest BCUT2D eigenvalue weighted by atomic mass is 15.3. The third-order valence-electron chi connectivity index (χ3n) is 2.78. The summed E-state index contributed by atoms with van der Waals surface area (Å²) in [5.41, 5.74) is 7.19. The first kappa shape index (κ1) is 12.1.